The summed E-state index contributed by atoms with van der Waals surface area (Å²) >= 11 is 0. The summed E-state index contributed by atoms with van der Waals surface area (Å²) in [6.07, 6.45) is 5.37. The van der Waals surface area contributed by atoms with Gasteiger partial charge in [0.1, 0.15) is 5.75 Å². The zero-order chi connectivity index (χ0) is 15.3. The molecule has 0 N–H and O–H groups in total. The highest BCUT2D eigenvalue weighted by Crippen LogP contribution is 2.36. The van der Waals surface area contributed by atoms with Crippen LogP contribution in [0.3, 0.4) is 0 Å². The van der Waals surface area contributed by atoms with Gasteiger partial charge in [0.25, 0.3) is 0 Å². The first-order chi connectivity index (χ1) is 9.82. The van der Waals surface area contributed by atoms with Crippen molar-refractivity contribution < 1.29 is 14.0 Å². The van der Waals surface area contributed by atoms with Crippen LogP contribution >= 0.6 is 0 Å². The molecule has 0 aromatic carbocycles. The smallest absolute Gasteiger partial charge is 0.489 e. The molecule has 21 heavy (non-hydrogen) atoms. The van der Waals surface area contributed by atoms with Crippen LogP contribution in [-0.2, 0) is 15.7 Å². The minimum Gasteiger partial charge on any atom is -0.489 e. The van der Waals surface area contributed by atoms with Crippen LogP contribution in [0.5, 0.6) is 5.75 Å². The van der Waals surface area contributed by atoms with E-state index in [1.165, 1.54) is 0 Å². The van der Waals surface area contributed by atoms with E-state index in [1.807, 2.05) is 0 Å². The number of aromatic nitrogens is 1. The lowest BCUT2D eigenvalue weighted by atomic mass is 9.80. The lowest BCUT2D eigenvalue weighted by Crippen LogP contribution is -2.41. The van der Waals surface area contributed by atoms with Crippen LogP contribution in [0.1, 0.15) is 53.0 Å². The van der Waals surface area contributed by atoms with E-state index in [-0.39, 0.29) is 11.2 Å². The summed E-state index contributed by atoms with van der Waals surface area (Å²) in [6.45, 7) is 10.4. The number of ether oxygens (including phenoxy) is 1. The van der Waals surface area contributed by atoms with Crippen LogP contribution in [-0.4, -0.2) is 29.4 Å². The molecule has 1 aromatic rings. The molecule has 114 valence electrons. The molecule has 0 atom stereocenters. The average molecular weight is 289 g/mol. The minimum atomic E-state index is -0.403. The normalized spacial score (nSPS) is 23.4. The maximum atomic E-state index is 6.10. The van der Waals surface area contributed by atoms with E-state index in [1.54, 1.807) is 6.20 Å². The maximum absolute atomic E-state index is 6.10. The fraction of sp³-hybridized carbons (Fsp3) is 0.688. The molecule has 2 fully saturated rings. The Bertz CT molecular complexity index is 524. The summed E-state index contributed by atoms with van der Waals surface area (Å²) in [5.74, 6) is 0.856. The molecule has 1 aliphatic heterocycles. The van der Waals surface area contributed by atoms with Crippen molar-refractivity contribution in [2.24, 2.45) is 0 Å². The van der Waals surface area contributed by atoms with Gasteiger partial charge in [-0.1, -0.05) is 6.92 Å². The van der Waals surface area contributed by atoms with E-state index in [0.717, 1.165) is 36.2 Å². The van der Waals surface area contributed by atoms with E-state index in [2.05, 4.69) is 45.7 Å². The van der Waals surface area contributed by atoms with Gasteiger partial charge in [-0.05, 0) is 58.6 Å². The standard InChI is InChI=1S/C16H24BNO3/c1-6-11-9-13(19-12-7-8-12)10-18-14(11)17-20-15(2,3)16(4,5)21-17/h9-10,12H,6-8H2,1-5H3. The Kier molecular flexibility index (Phi) is 3.53. The van der Waals surface area contributed by atoms with E-state index in [0.29, 0.717) is 6.10 Å². The Hall–Kier alpha value is -1.07. The van der Waals surface area contributed by atoms with Gasteiger partial charge in [0.15, 0.2) is 0 Å². The topological polar surface area (TPSA) is 40.6 Å². The van der Waals surface area contributed by atoms with Crippen LogP contribution in [0.4, 0.5) is 0 Å². The molecular formula is C16H24BNO3. The van der Waals surface area contributed by atoms with Crippen molar-refractivity contribution in [1.29, 1.82) is 0 Å². The zero-order valence-electron chi connectivity index (χ0n) is 13.6. The quantitative estimate of drug-likeness (QED) is 0.798. The molecule has 3 rings (SSSR count). The highest BCUT2D eigenvalue weighted by molar-refractivity contribution is 6.61. The first kappa shape index (κ1) is 14.9. The van der Waals surface area contributed by atoms with Crippen molar-refractivity contribution in [3.05, 3.63) is 17.8 Å². The van der Waals surface area contributed by atoms with Crippen molar-refractivity contribution in [1.82, 2.24) is 4.98 Å². The molecule has 0 spiro atoms. The second-order valence-electron chi connectivity index (χ2n) is 6.97. The molecule has 1 saturated heterocycles. The number of hydrogen-bond acceptors (Lipinski definition) is 4. The zero-order valence-corrected chi connectivity index (χ0v) is 13.6. The fourth-order valence-corrected chi connectivity index (χ4v) is 2.39. The van der Waals surface area contributed by atoms with Gasteiger partial charge in [-0.2, -0.15) is 0 Å². The van der Waals surface area contributed by atoms with Crippen molar-refractivity contribution >= 4 is 12.7 Å². The Morgan fingerprint density at radius 2 is 1.86 bits per heavy atom. The SMILES string of the molecule is CCc1cc(OC2CC2)cnc1B1OC(C)(C)C(C)(C)O1. The van der Waals surface area contributed by atoms with Gasteiger partial charge >= 0.3 is 7.12 Å². The van der Waals surface area contributed by atoms with Crippen LogP contribution in [0, 0.1) is 0 Å². The molecular weight excluding hydrogens is 265 g/mol. The summed E-state index contributed by atoms with van der Waals surface area (Å²) in [5, 5.41) is 0. The van der Waals surface area contributed by atoms with Gasteiger partial charge in [0, 0.05) is 0 Å². The summed E-state index contributed by atoms with van der Waals surface area (Å²) < 4.78 is 18.0. The summed E-state index contributed by atoms with van der Waals surface area (Å²) in [5.41, 5.74) is 1.33. The second kappa shape index (κ2) is 4.99. The van der Waals surface area contributed by atoms with E-state index in [9.17, 15) is 0 Å². The molecule has 4 nitrogen and oxygen atoms in total. The predicted octanol–water partition coefficient (Wildman–Crippen LogP) is 2.48. The van der Waals surface area contributed by atoms with E-state index in [4.69, 9.17) is 14.0 Å². The van der Waals surface area contributed by atoms with Crippen LogP contribution in [0.2, 0.25) is 0 Å². The molecule has 2 heterocycles. The molecule has 1 aromatic heterocycles. The third-order valence-electron chi connectivity index (χ3n) is 4.66. The number of hydrogen-bond donors (Lipinski definition) is 0. The van der Waals surface area contributed by atoms with E-state index < -0.39 is 7.12 Å². The first-order valence-electron chi connectivity index (χ1n) is 7.83. The lowest BCUT2D eigenvalue weighted by molar-refractivity contribution is 0.00578. The van der Waals surface area contributed by atoms with Crippen molar-refractivity contribution in [2.45, 2.75) is 71.2 Å². The third-order valence-corrected chi connectivity index (χ3v) is 4.66. The number of pyridine rings is 1. The highest BCUT2D eigenvalue weighted by atomic mass is 16.7. The average Bonchev–Trinajstić information content (AvgIpc) is 3.17. The number of nitrogens with zero attached hydrogens (tertiary/aromatic N) is 1. The first-order valence-corrected chi connectivity index (χ1v) is 7.83. The predicted molar refractivity (Wildman–Crippen MR) is 83.0 cm³/mol. The van der Waals surface area contributed by atoms with Crippen LogP contribution in [0.15, 0.2) is 12.3 Å². The maximum Gasteiger partial charge on any atom is 0.514 e. The summed E-state index contributed by atoms with van der Waals surface area (Å²) in [4.78, 5) is 4.57. The summed E-state index contributed by atoms with van der Waals surface area (Å²) in [6, 6.07) is 2.08. The lowest BCUT2D eigenvalue weighted by Gasteiger charge is -2.32. The molecule has 1 saturated carbocycles. The molecule has 1 aliphatic carbocycles. The van der Waals surface area contributed by atoms with Gasteiger partial charge in [0.2, 0.25) is 0 Å². The van der Waals surface area contributed by atoms with Crippen molar-refractivity contribution in [3.8, 4) is 5.75 Å². The largest absolute Gasteiger partial charge is 0.514 e. The van der Waals surface area contributed by atoms with Gasteiger partial charge in [-0.15, -0.1) is 0 Å². The molecule has 0 unspecified atom stereocenters. The molecule has 5 heteroatoms. The summed E-state index contributed by atoms with van der Waals surface area (Å²) in [7, 11) is -0.403. The number of rotatable bonds is 4. The monoisotopic (exact) mass is 289 g/mol. The second-order valence-corrected chi connectivity index (χ2v) is 6.97. The van der Waals surface area contributed by atoms with Crippen molar-refractivity contribution in [3.63, 3.8) is 0 Å². The van der Waals surface area contributed by atoms with Crippen LogP contribution < -0.4 is 10.3 Å². The Morgan fingerprint density at radius 1 is 1.24 bits per heavy atom. The molecule has 0 bridgehead atoms. The Labute approximate surface area is 127 Å². The van der Waals surface area contributed by atoms with Gasteiger partial charge in [-0.25, -0.2) is 0 Å². The van der Waals surface area contributed by atoms with Gasteiger partial charge < -0.3 is 14.0 Å². The molecule has 0 amide bonds. The van der Waals surface area contributed by atoms with Gasteiger partial charge in [0.05, 0.1) is 29.1 Å². The number of aryl methyl sites for hydroxylation is 1. The van der Waals surface area contributed by atoms with Crippen molar-refractivity contribution in [2.75, 3.05) is 0 Å². The third kappa shape index (κ3) is 2.81. The molecule has 2 aliphatic rings. The molecule has 0 radical (unpaired) electrons. The van der Waals surface area contributed by atoms with Gasteiger partial charge in [-0.3, -0.25) is 4.98 Å². The minimum absolute atomic E-state index is 0.340. The van der Waals surface area contributed by atoms with Crippen LogP contribution in [0.25, 0.3) is 0 Å². The Balaban J connectivity index is 1.85. The Morgan fingerprint density at radius 3 is 2.38 bits per heavy atom. The van der Waals surface area contributed by atoms with E-state index >= 15 is 0 Å². The fourth-order valence-electron chi connectivity index (χ4n) is 2.39. The highest BCUT2D eigenvalue weighted by Gasteiger charge is 2.52.